The fourth-order valence-electron chi connectivity index (χ4n) is 5.59. The molecule has 5 nitrogen and oxygen atoms in total. The zero-order chi connectivity index (χ0) is 21.3. The topological polar surface area (TPSA) is 47.6 Å². The Hall–Kier alpha value is -1.98. The van der Waals surface area contributed by atoms with E-state index >= 15 is 0 Å². The van der Waals surface area contributed by atoms with E-state index in [0.29, 0.717) is 11.3 Å². The Labute approximate surface area is 190 Å². The highest BCUT2D eigenvalue weighted by atomic mass is 35.5. The average Bonchev–Trinajstić information content (AvgIpc) is 3.45. The lowest BCUT2D eigenvalue weighted by Crippen LogP contribution is -2.41. The Bertz CT molecular complexity index is 851. The number of carbonyl (C=O) groups excluding carboxylic acids is 1. The van der Waals surface area contributed by atoms with Crippen molar-refractivity contribution < 1.29 is 4.79 Å². The summed E-state index contributed by atoms with van der Waals surface area (Å²) in [6.07, 6.45) is 12.0. The van der Waals surface area contributed by atoms with Crippen LogP contribution in [-0.4, -0.2) is 55.6 Å². The summed E-state index contributed by atoms with van der Waals surface area (Å²) in [6.45, 7) is 6.16. The number of nitrogens with one attached hydrogen (secondary N) is 2. The number of nitrogens with zero attached hydrogens (tertiary/aromatic N) is 2. The first-order valence-corrected chi connectivity index (χ1v) is 12.2. The number of hydrogen-bond donors (Lipinski definition) is 2. The summed E-state index contributed by atoms with van der Waals surface area (Å²) in [7, 11) is 0. The second-order valence-corrected chi connectivity index (χ2v) is 10.2. The Morgan fingerprint density at radius 3 is 2.61 bits per heavy atom. The summed E-state index contributed by atoms with van der Waals surface area (Å²) in [4.78, 5) is 17.2. The molecular weight excluding hydrogens is 408 g/mol. The van der Waals surface area contributed by atoms with E-state index in [1.807, 2.05) is 17.0 Å². The number of halogens is 1. The first-order valence-electron chi connectivity index (χ1n) is 11.7. The van der Waals surface area contributed by atoms with Crippen molar-refractivity contribution in [3.63, 3.8) is 0 Å². The molecule has 2 amide bonds. The third-order valence-corrected chi connectivity index (χ3v) is 7.91. The zero-order valence-corrected chi connectivity index (χ0v) is 18.9. The molecule has 166 valence electrons. The standard InChI is InChI=1S/C25H33ClN4O/c26-21-3-1-19(2-4-21)20-9-14-29(15-10-20)24(31)28-22-5-7-23(8-6-22)30-16-12-25(18-30)11-13-27-17-25/h1-3,5-8,20-21,27H,4,9-18H2,(H,28,31). The van der Waals surface area contributed by atoms with Gasteiger partial charge in [0, 0.05) is 49.5 Å². The third-order valence-electron chi connectivity index (χ3n) is 7.58. The Morgan fingerprint density at radius 2 is 1.94 bits per heavy atom. The van der Waals surface area contributed by atoms with E-state index in [1.54, 1.807) is 0 Å². The minimum Gasteiger partial charge on any atom is -0.371 e. The Kier molecular flexibility index (Phi) is 5.98. The fraction of sp³-hybridized carbons (Fsp3) is 0.560. The van der Waals surface area contributed by atoms with Gasteiger partial charge in [0.1, 0.15) is 0 Å². The molecule has 1 aromatic carbocycles. The molecule has 5 rings (SSSR count). The molecule has 0 radical (unpaired) electrons. The number of rotatable bonds is 3. The van der Waals surface area contributed by atoms with E-state index in [9.17, 15) is 4.79 Å². The lowest BCUT2D eigenvalue weighted by Gasteiger charge is -2.33. The summed E-state index contributed by atoms with van der Waals surface area (Å²) < 4.78 is 0. The number of anilines is 2. The van der Waals surface area contributed by atoms with Crippen molar-refractivity contribution in [2.24, 2.45) is 11.3 Å². The van der Waals surface area contributed by atoms with Gasteiger partial charge in [0.2, 0.25) is 0 Å². The van der Waals surface area contributed by atoms with Gasteiger partial charge in [-0.1, -0.05) is 18.2 Å². The van der Waals surface area contributed by atoms with Gasteiger partial charge in [-0.15, -0.1) is 11.6 Å². The van der Waals surface area contributed by atoms with Crippen LogP contribution in [0.4, 0.5) is 16.2 Å². The summed E-state index contributed by atoms with van der Waals surface area (Å²) in [5.74, 6) is 0.544. The summed E-state index contributed by atoms with van der Waals surface area (Å²) in [5.41, 5.74) is 3.99. The van der Waals surface area contributed by atoms with Crippen molar-refractivity contribution in [3.05, 3.63) is 48.1 Å². The van der Waals surface area contributed by atoms with Crippen LogP contribution in [0.15, 0.2) is 48.1 Å². The average molecular weight is 441 g/mol. The number of carbonyl (C=O) groups is 1. The molecule has 1 aliphatic carbocycles. The van der Waals surface area contributed by atoms with Crippen LogP contribution >= 0.6 is 11.6 Å². The fourth-order valence-corrected chi connectivity index (χ4v) is 5.75. The highest BCUT2D eigenvalue weighted by Gasteiger charge is 2.40. The summed E-state index contributed by atoms with van der Waals surface area (Å²) >= 11 is 6.14. The number of likely N-dealkylation sites (tertiary alicyclic amines) is 1. The van der Waals surface area contributed by atoms with Crippen molar-refractivity contribution in [3.8, 4) is 0 Å². The van der Waals surface area contributed by atoms with Crippen LogP contribution in [0.5, 0.6) is 0 Å². The number of benzene rings is 1. The molecule has 2 unspecified atom stereocenters. The van der Waals surface area contributed by atoms with Crippen LogP contribution in [0.1, 0.15) is 32.1 Å². The number of piperidine rings is 1. The van der Waals surface area contributed by atoms with E-state index < -0.39 is 0 Å². The Balaban J connectivity index is 1.11. The van der Waals surface area contributed by atoms with E-state index in [1.165, 1.54) is 24.1 Å². The third kappa shape index (κ3) is 4.63. The predicted octanol–water partition coefficient (Wildman–Crippen LogP) is 4.61. The monoisotopic (exact) mass is 440 g/mol. The van der Waals surface area contributed by atoms with Crippen molar-refractivity contribution in [2.75, 3.05) is 49.5 Å². The normalized spacial score (nSPS) is 28.9. The number of amides is 2. The molecule has 4 aliphatic rings. The van der Waals surface area contributed by atoms with Gasteiger partial charge in [-0.05, 0) is 74.4 Å². The van der Waals surface area contributed by atoms with Gasteiger partial charge < -0.3 is 20.4 Å². The van der Waals surface area contributed by atoms with E-state index in [-0.39, 0.29) is 11.4 Å². The van der Waals surface area contributed by atoms with Crippen molar-refractivity contribution >= 4 is 29.0 Å². The van der Waals surface area contributed by atoms with Crippen LogP contribution in [-0.2, 0) is 0 Å². The molecule has 0 aromatic heterocycles. The predicted molar refractivity (Wildman–Crippen MR) is 128 cm³/mol. The van der Waals surface area contributed by atoms with Crippen LogP contribution < -0.4 is 15.5 Å². The molecule has 3 saturated heterocycles. The minimum atomic E-state index is 0.0114. The second-order valence-electron chi connectivity index (χ2n) is 9.65. The van der Waals surface area contributed by atoms with Gasteiger partial charge in [0.05, 0.1) is 5.38 Å². The zero-order valence-electron chi connectivity index (χ0n) is 18.2. The van der Waals surface area contributed by atoms with Crippen molar-refractivity contribution in [1.82, 2.24) is 10.2 Å². The maximum Gasteiger partial charge on any atom is 0.321 e. The minimum absolute atomic E-state index is 0.0114. The van der Waals surface area contributed by atoms with Crippen LogP contribution in [0.3, 0.4) is 0 Å². The number of urea groups is 1. The smallest absolute Gasteiger partial charge is 0.321 e. The lowest BCUT2D eigenvalue weighted by atomic mass is 9.86. The molecule has 3 fully saturated rings. The largest absolute Gasteiger partial charge is 0.371 e. The molecule has 6 heteroatoms. The van der Waals surface area contributed by atoms with Crippen LogP contribution in [0.2, 0.25) is 0 Å². The molecule has 3 aliphatic heterocycles. The van der Waals surface area contributed by atoms with Crippen LogP contribution in [0.25, 0.3) is 0 Å². The molecule has 0 bridgehead atoms. The molecular formula is C25H33ClN4O. The first-order chi connectivity index (χ1) is 15.1. The molecule has 2 atom stereocenters. The van der Waals surface area contributed by atoms with Gasteiger partial charge in [0.25, 0.3) is 0 Å². The molecule has 0 saturated carbocycles. The maximum atomic E-state index is 12.8. The van der Waals surface area contributed by atoms with E-state index in [4.69, 9.17) is 11.6 Å². The van der Waals surface area contributed by atoms with Crippen molar-refractivity contribution in [2.45, 2.75) is 37.5 Å². The quantitative estimate of drug-likeness (QED) is 0.674. The number of hydrogen-bond acceptors (Lipinski definition) is 3. The van der Waals surface area contributed by atoms with E-state index in [2.05, 4.69) is 45.9 Å². The Morgan fingerprint density at radius 1 is 1.13 bits per heavy atom. The highest BCUT2D eigenvalue weighted by Crippen LogP contribution is 2.38. The second kappa shape index (κ2) is 8.87. The van der Waals surface area contributed by atoms with Crippen LogP contribution in [0, 0.1) is 11.3 Å². The van der Waals surface area contributed by atoms with E-state index in [0.717, 1.165) is 64.2 Å². The summed E-state index contributed by atoms with van der Waals surface area (Å²) in [5, 5.41) is 6.74. The van der Waals surface area contributed by atoms with Gasteiger partial charge in [0.15, 0.2) is 0 Å². The van der Waals surface area contributed by atoms with Gasteiger partial charge in [-0.3, -0.25) is 0 Å². The van der Waals surface area contributed by atoms with Crippen molar-refractivity contribution in [1.29, 1.82) is 0 Å². The number of alkyl halides is 1. The molecule has 1 spiro atoms. The maximum absolute atomic E-state index is 12.8. The van der Waals surface area contributed by atoms with Gasteiger partial charge in [-0.25, -0.2) is 4.79 Å². The molecule has 1 aromatic rings. The molecule has 31 heavy (non-hydrogen) atoms. The van der Waals surface area contributed by atoms with Gasteiger partial charge in [-0.2, -0.15) is 0 Å². The van der Waals surface area contributed by atoms with Gasteiger partial charge >= 0.3 is 6.03 Å². The lowest BCUT2D eigenvalue weighted by molar-refractivity contribution is 0.189. The SMILES string of the molecule is O=C(Nc1ccc(N2CCC3(CCNC3)C2)cc1)N1CCC(C2=CCC(Cl)C=C2)CC1. The summed E-state index contributed by atoms with van der Waals surface area (Å²) in [6, 6.07) is 8.39. The molecule has 2 N–H and O–H groups in total. The highest BCUT2D eigenvalue weighted by molar-refractivity contribution is 6.22. The first kappa shape index (κ1) is 20.9. The number of allylic oxidation sites excluding steroid dienone is 4. The molecule has 3 heterocycles.